The van der Waals surface area contributed by atoms with Crippen LogP contribution in [-0.2, 0) is 17.8 Å². The second-order valence-corrected chi connectivity index (χ2v) is 7.17. The molecule has 26 heavy (non-hydrogen) atoms. The minimum atomic E-state index is 0.0300. The molecule has 0 atom stereocenters. The summed E-state index contributed by atoms with van der Waals surface area (Å²) in [4.78, 5) is 19.0. The third-order valence-electron chi connectivity index (χ3n) is 5.08. The van der Waals surface area contributed by atoms with Crippen LogP contribution in [0.4, 0.5) is 11.5 Å². The zero-order chi connectivity index (χ0) is 18.4. The molecule has 1 aromatic carbocycles. The van der Waals surface area contributed by atoms with E-state index in [-0.39, 0.29) is 5.91 Å². The number of aromatic nitrogens is 1. The van der Waals surface area contributed by atoms with E-state index in [1.165, 1.54) is 12.8 Å². The summed E-state index contributed by atoms with van der Waals surface area (Å²) in [5.74, 6) is 1.88. The van der Waals surface area contributed by atoms with Gasteiger partial charge in [0.25, 0.3) is 0 Å². The van der Waals surface area contributed by atoms with Crippen molar-refractivity contribution >= 4 is 17.4 Å². The molecule has 1 aromatic heterocycles. The maximum absolute atomic E-state index is 12.1. The lowest BCUT2D eigenvalue weighted by molar-refractivity contribution is -0.121. The number of carbonyl (C=O) groups excluding carboxylic acids is 1. The monoisotopic (exact) mass is 352 g/mol. The number of pyridine rings is 1. The van der Waals surface area contributed by atoms with Crippen molar-refractivity contribution in [3.63, 3.8) is 0 Å². The van der Waals surface area contributed by atoms with Gasteiger partial charge in [0, 0.05) is 37.9 Å². The van der Waals surface area contributed by atoms with Crippen molar-refractivity contribution in [2.24, 2.45) is 5.92 Å². The number of aryl methyl sites for hydroxylation is 1. The molecule has 1 fully saturated rings. The third-order valence-corrected chi connectivity index (χ3v) is 5.08. The van der Waals surface area contributed by atoms with Crippen LogP contribution in [0.15, 0.2) is 42.6 Å². The molecule has 0 radical (unpaired) electrons. The van der Waals surface area contributed by atoms with Gasteiger partial charge < -0.3 is 16.0 Å². The Bertz CT molecular complexity index is 721. The van der Waals surface area contributed by atoms with Gasteiger partial charge in [-0.15, -0.1) is 0 Å². The van der Waals surface area contributed by atoms with Gasteiger partial charge in [-0.25, -0.2) is 4.98 Å². The number of nitrogens with one attached hydrogen (secondary N) is 1. The Labute approximate surface area is 155 Å². The molecular weight excluding hydrogens is 324 g/mol. The number of nitrogens with two attached hydrogens (primary N) is 1. The first kappa shape index (κ1) is 18.2. The molecule has 5 nitrogen and oxygen atoms in total. The molecule has 0 unspecified atom stereocenters. The van der Waals surface area contributed by atoms with Gasteiger partial charge in [0.1, 0.15) is 5.82 Å². The highest BCUT2D eigenvalue weighted by atomic mass is 16.1. The zero-order valence-corrected chi connectivity index (χ0v) is 15.4. The highest BCUT2D eigenvalue weighted by Crippen LogP contribution is 2.21. The van der Waals surface area contributed by atoms with Crippen molar-refractivity contribution in [3.05, 3.63) is 53.7 Å². The van der Waals surface area contributed by atoms with Gasteiger partial charge in [-0.05, 0) is 48.4 Å². The van der Waals surface area contributed by atoms with Crippen molar-refractivity contribution in [1.29, 1.82) is 0 Å². The predicted octanol–water partition coefficient (Wildman–Crippen LogP) is 3.15. The first-order valence-electron chi connectivity index (χ1n) is 9.42. The molecule has 0 spiro atoms. The summed E-state index contributed by atoms with van der Waals surface area (Å²) in [7, 11) is 0. The van der Waals surface area contributed by atoms with Crippen LogP contribution in [-0.4, -0.2) is 24.0 Å². The van der Waals surface area contributed by atoms with Crippen molar-refractivity contribution < 1.29 is 4.79 Å². The van der Waals surface area contributed by atoms with Gasteiger partial charge >= 0.3 is 0 Å². The molecule has 5 heteroatoms. The lowest BCUT2D eigenvalue weighted by Gasteiger charge is -2.31. The molecule has 0 saturated carbocycles. The zero-order valence-electron chi connectivity index (χ0n) is 15.4. The number of amides is 1. The van der Waals surface area contributed by atoms with Crippen molar-refractivity contribution in [1.82, 2.24) is 10.3 Å². The van der Waals surface area contributed by atoms with Gasteiger partial charge in [0.2, 0.25) is 5.91 Å². The summed E-state index contributed by atoms with van der Waals surface area (Å²) in [6.45, 7) is 4.97. The van der Waals surface area contributed by atoms with Crippen LogP contribution < -0.4 is 16.0 Å². The van der Waals surface area contributed by atoms with Crippen LogP contribution in [0, 0.1) is 5.92 Å². The Morgan fingerprint density at radius 1 is 1.23 bits per heavy atom. The number of rotatable bonds is 6. The molecule has 1 aliphatic heterocycles. The fourth-order valence-corrected chi connectivity index (χ4v) is 3.25. The second-order valence-electron chi connectivity index (χ2n) is 7.17. The Morgan fingerprint density at radius 2 is 2.00 bits per heavy atom. The fourth-order valence-electron chi connectivity index (χ4n) is 3.25. The van der Waals surface area contributed by atoms with E-state index in [1.54, 1.807) is 0 Å². The minimum absolute atomic E-state index is 0.0300. The second kappa shape index (κ2) is 8.70. The van der Waals surface area contributed by atoms with Gasteiger partial charge in [0.15, 0.2) is 0 Å². The van der Waals surface area contributed by atoms with Crippen LogP contribution in [0.2, 0.25) is 0 Å². The summed E-state index contributed by atoms with van der Waals surface area (Å²) in [6.07, 6.45) is 5.41. The number of nitrogen functional groups attached to an aromatic ring is 1. The molecule has 138 valence electrons. The average Bonchev–Trinajstić information content (AvgIpc) is 2.67. The lowest BCUT2D eigenvalue weighted by Crippen LogP contribution is -2.33. The van der Waals surface area contributed by atoms with Gasteiger partial charge in [0.05, 0.1) is 0 Å². The molecule has 0 aliphatic carbocycles. The Morgan fingerprint density at radius 3 is 2.69 bits per heavy atom. The van der Waals surface area contributed by atoms with E-state index < -0.39 is 0 Å². The largest absolute Gasteiger partial charge is 0.399 e. The maximum atomic E-state index is 12.1. The van der Waals surface area contributed by atoms with Crippen LogP contribution in [0.5, 0.6) is 0 Å². The van der Waals surface area contributed by atoms with E-state index in [2.05, 4.69) is 34.3 Å². The summed E-state index contributed by atoms with van der Waals surface area (Å²) in [5, 5.41) is 2.96. The Balaban J connectivity index is 1.44. The van der Waals surface area contributed by atoms with Gasteiger partial charge in [-0.1, -0.05) is 31.2 Å². The number of hydrogen-bond donors (Lipinski definition) is 2. The number of piperidine rings is 1. The van der Waals surface area contributed by atoms with Gasteiger partial charge in [-0.2, -0.15) is 0 Å². The lowest BCUT2D eigenvalue weighted by atomic mass is 9.99. The van der Waals surface area contributed by atoms with E-state index in [1.807, 2.05) is 30.5 Å². The quantitative estimate of drug-likeness (QED) is 0.784. The molecule has 2 aromatic rings. The molecule has 1 amide bonds. The molecular formula is C21H28N4O. The highest BCUT2D eigenvalue weighted by Gasteiger charge is 2.16. The van der Waals surface area contributed by atoms with E-state index in [4.69, 9.17) is 5.73 Å². The van der Waals surface area contributed by atoms with Crippen molar-refractivity contribution in [2.45, 2.75) is 39.2 Å². The van der Waals surface area contributed by atoms with Crippen molar-refractivity contribution in [2.75, 3.05) is 23.7 Å². The number of para-hydroxylation sites is 1. The molecule has 1 saturated heterocycles. The SMILES string of the molecule is CC1CCN(c2ccc(CNC(=O)CCc3ccccc3N)cn2)CC1. The molecule has 1 aliphatic rings. The van der Waals surface area contributed by atoms with Crippen LogP contribution >= 0.6 is 0 Å². The summed E-state index contributed by atoms with van der Waals surface area (Å²) in [6, 6.07) is 11.8. The molecule has 3 rings (SSSR count). The molecule has 2 heterocycles. The number of benzene rings is 1. The van der Waals surface area contributed by atoms with E-state index in [9.17, 15) is 4.79 Å². The highest BCUT2D eigenvalue weighted by molar-refractivity contribution is 5.76. The smallest absolute Gasteiger partial charge is 0.220 e. The first-order chi connectivity index (χ1) is 12.6. The maximum Gasteiger partial charge on any atom is 0.220 e. The van der Waals surface area contributed by atoms with E-state index in [0.29, 0.717) is 19.4 Å². The topological polar surface area (TPSA) is 71.2 Å². The van der Waals surface area contributed by atoms with Crippen LogP contribution in [0.3, 0.4) is 0 Å². The first-order valence-corrected chi connectivity index (χ1v) is 9.42. The number of anilines is 2. The number of hydrogen-bond acceptors (Lipinski definition) is 4. The predicted molar refractivity (Wildman–Crippen MR) is 106 cm³/mol. The minimum Gasteiger partial charge on any atom is -0.399 e. The van der Waals surface area contributed by atoms with E-state index in [0.717, 1.165) is 41.6 Å². The number of nitrogens with zero attached hydrogens (tertiary/aromatic N) is 2. The molecule has 0 bridgehead atoms. The van der Waals surface area contributed by atoms with E-state index >= 15 is 0 Å². The average molecular weight is 352 g/mol. The summed E-state index contributed by atoms with van der Waals surface area (Å²) in [5.41, 5.74) is 8.69. The van der Waals surface area contributed by atoms with Crippen molar-refractivity contribution in [3.8, 4) is 0 Å². The standard InChI is InChI=1S/C21H28N4O/c1-16-10-12-25(13-11-16)20-8-6-17(14-23-20)15-24-21(26)9-7-18-4-2-3-5-19(18)22/h2-6,8,14,16H,7,9-13,15,22H2,1H3,(H,24,26). The fraction of sp³-hybridized carbons (Fsp3) is 0.429. The molecule has 3 N–H and O–H groups in total. The normalized spacial score (nSPS) is 15.0. The van der Waals surface area contributed by atoms with Crippen LogP contribution in [0.1, 0.15) is 37.3 Å². The third kappa shape index (κ3) is 4.97. The van der Waals surface area contributed by atoms with Crippen LogP contribution in [0.25, 0.3) is 0 Å². The Hall–Kier alpha value is -2.56. The number of carbonyl (C=O) groups is 1. The Kier molecular flexibility index (Phi) is 6.10. The summed E-state index contributed by atoms with van der Waals surface area (Å²) < 4.78 is 0. The van der Waals surface area contributed by atoms with Gasteiger partial charge in [-0.3, -0.25) is 4.79 Å². The summed E-state index contributed by atoms with van der Waals surface area (Å²) >= 11 is 0.